The van der Waals surface area contributed by atoms with Crippen molar-refractivity contribution in [2.75, 3.05) is 0 Å². The largest absolute Gasteiger partial charge is 0.280 e. The van der Waals surface area contributed by atoms with E-state index in [1.165, 1.54) is 11.3 Å². The van der Waals surface area contributed by atoms with Gasteiger partial charge in [0.25, 0.3) is 0 Å². The van der Waals surface area contributed by atoms with Crippen LogP contribution in [-0.2, 0) is 6.42 Å². The maximum atomic E-state index is 9.04. The topological polar surface area (TPSA) is 41.6 Å². The van der Waals surface area contributed by atoms with Crippen LogP contribution in [0.15, 0.2) is 22.1 Å². The van der Waals surface area contributed by atoms with Gasteiger partial charge < -0.3 is 0 Å². The molecule has 0 atom stereocenters. The van der Waals surface area contributed by atoms with Crippen molar-refractivity contribution in [3.05, 3.63) is 33.5 Å². The van der Waals surface area contributed by atoms with Gasteiger partial charge in [-0.25, -0.2) is 4.98 Å². The van der Waals surface area contributed by atoms with Crippen LogP contribution in [0, 0.1) is 11.3 Å². The Morgan fingerprint density at radius 2 is 2.47 bits per heavy atom. The van der Waals surface area contributed by atoms with Crippen molar-refractivity contribution in [3.63, 3.8) is 0 Å². The van der Waals surface area contributed by atoms with Gasteiger partial charge in [-0.2, -0.15) is 5.26 Å². The van der Waals surface area contributed by atoms with E-state index in [2.05, 4.69) is 33.9 Å². The monoisotopic (exact) mass is 281 g/mol. The van der Waals surface area contributed by atoms with Crippen molar-refractivity contribution >= 4 is 27.3 Å². The van der Waals surface area contributed by atoms with Gasteiger partial charge in [0, 0.05) is 21.7 Å². The Hall–Kier alpha value is -1.12. The number of nitriles is 1. The van der Waals surface area contributed by atoms with Crippen LogP contribution in [0.2, 0.25) is 0 Å². The quantitative estimate of drug-likeness (QED) is 0.849. The molecular weight excluding hydrogens is 274 g/mol. The molecule has 5 heteroatoms. The average Bonchev–Trinajstić information content (AvgIpc) is 2.83. The molecule has 15 heavy (non-hydrogen) atoms. The fraction of sp³-hybridized carbons (Fsp3) is 0.200. The first-order chi connectivity index (χ1) is 7.27. The van der Waals surface area contributed by atoms with Gasteiger partial charge in [-0.05, 0) is 28.4 Å². The van der Waals surface area contributed by atoms with Crippen LogP contribution in [0.5, 0.6) is 0 Å². The van der Waals surface area contributed by atoms with E-state index in [9.17, 15) is 0 Å². The SMILES string of the molecule is CCc1c(Br)cc(C#N)n1-c1nccs1. The number of thiazole rings is 1. The first-order valence-electron chi connectivity index (χ1n) is 4.48. The lowest BCUT2D eigenvalue weighted by atomic mass is 10.3. The predicted molar refractivity (Wildman–Crippen MR) is 63.2 cm³/mol. The van der Waals surface area contributed by atoms with Crippen LogP contribution in [0.4, 0.5) is 0 Å². The second kappa shape index (κ2) is 4.17. The van der Waals surface area contributed by atoms with Gasteiger partial charge in [0.15, 0.2) is 5.13 Å². The third-order valence-electron chi connectivity index (χ3n) is 2.11. The minimum Gasteiger partial charge on any atom is -0.280 e. The third-order valence-corrected chi connectivity index (χ3v) is 3.55. The highest BCUT2D eigenvalue weighted by Gasteiger charge is 2.14. The fourth-order valence-electron chi connectivity index (χ4n) is 1.47. The number of nitrogens with zero attached hydrogens (tertiary/aromatic N) is 3. The molecule has 0 aliphatic carbocycles. The zero-order valence-electron chi connectivity index (χ0n) is 8.07. The van der Waals surface area contributed by atoms with Crippen LogP contribution in [0.25, 0.3) is 5.13 Å². The number of hydrogen-bond donors (Lipinski definition) is 0. The number of hydrogen-bond acceptors (Lipinski definition) is 3. The lowest BCUT2D eigenvalue weighted by Gasteiger charge is -2.04. The molecule has 0 aromatic carbocycles. The standard InChI is InChI=1S/C10H8BrN3S/c1-2-9-8(11)5-7(6-12)14(9)10-13-3-4-15-10/h3-5H,2H2,1H3. The van der Waals surface area contributed by atoms with Gasteiger partial charge in [0.2, 0.25) is 0 Å². The van der Waals surface area contributed by atoms with Crippen LogP contribution in [0.1, 0.15) is 18.3 Å². The first kappa shape index (κ1) is 10.4. The minimum absolute atomic E-state index is 0.619. The second-order valence-electron chi connectivity index (χ2n) is 2.94. The van der Waals surface area contributed by atoms with Crippen molar-refractivity contribution in [1.29, 1.82) is 5.26 Å². The molecule has 0 saturated carbocycles. The first-order valence-corrected chi connectivity index (χ1v) is 6.15. The van der Waals surface area contributed by atoms with Crippen molar-refractivity contribution in [2.45, 2.75) is 13.3 Å². The highest BCUT2D eigenvalue weighted by atomic mass is 79.9. The lowest BCUT2D eigenvalue weighted by Crippen LogP contribution is -2.01. The smallest absolute Gasteiger partial charge is 0.194 e. The van der Waals surface area contributed by atoms with Crippen LogP contribution in [0.3, 0.4) is 0 Å². The van der Waals surface area contributed by atoms with Gasteiger partial charge in [0.05, 0.1) is 0 Å². The number of halogens is 1. The minimum atomic E-state index is 0.619. The molecule has 2 heterocycles. The summed E-state index contributed by atoms with van der Waals surface area (Å²) in [5, 5.41) is 11.8. The molecule has 76 valence electrons. The zero-order chi connectivity index (χ0) is 10.8. The molecule has 0 N–H and O–H groups in total. The van der Waals surface area contributed by atoms with Gasteiger partial charge >= 0.3 is 0 Å². The molecule has 2 aromatic rings. The Morgan fingerprint density at radius 1 is 1.67 bits per heavy atom. The molecule has 0 aliphatic heterocycles. The Bertz CT molecular complexity index is 508. The number of aromatic nitrogens is 2. The Morgan fingerprint density at radius 3 is 3.00 bits per heavy atom. The van der Waals surface area contributed by atoms with Crippen LogP contribution >= 0.6 is 27.3 Å². The van der Waals surface area contributed by atoms with Crippen molar-refractivity contribution in [1.82, 2.24) is 9.55 Å². The van der Waals surface area contributed by atoms with E-state index in [4.69, 9.17) is 5.26 Å². The molecule has 0 saturated heterocycles. The van der Waals surface area contributed by atoms with Crippen LogP contribution < -0.4 is 0 Å². The number of rotatable bonds is 2. The summed E-state index contributed by atoms with van der Waals surface area (Å²) < 4.78 is 2.87. The summed E-state index contributed by atoms with van der Waals surface area (Å²) in [6.07, 6.45) is 2.61. The lowest BCUT2D eigenvalue weighted by molar-refractivity contribution is 0.909. The average molecular weight is 282 g/mol. The summed E-state index contributed by atoms with van der Waals surface area (Å²) in [6, 6.07) is 4.01. The summed E-state index contributed by atoms with van der Waals surface area (Å²) in [7, 11) is 0. The molecule has 0 radical (unpaired) electrons. The summed E-state index contributed by atoms with van der Waals surface area (Å²) in [4.78, 5) is 4.23. The van der Waals surface area contributed by atoms with E-state index in [0.717, 1.165) is 21.7 Å². The Balaban J connectivity index is 2.68. The molecule has 0 amide bonds. The highest BCUT2D eigenvalue weighted by Crippen LogP contribution is 2.26. The molecule has 0 fully saturated rings. The van der Waals surface area contributed by atoms with E-state index < -0.39 is 0 Å². The zero-order valence-corrected chi connectivity index (χ0v) is 10.5. The molecular formula is C10H8BrN3S. The summed E-state index contributed by atoms with van der Waals surface area (Å²) in [5.41, 5.74) is 1.70. The van der Waals surface area contributed by atoms with E-state index in [0.29, 0.717) is 5.69 Å². The van der Waals surface area contributed by atoms with E-state index in [1.54, 1.807) is 6.20 Å². The second-order valence-corrected chi connectivity index (χ2v) is 4.67. The third kappa shape index (κ3) is 1.71. The summed E-state index contributed by atoms with van der Waals surface area (Å²) in [6.45, 7) is 2.06. The molecule has 0 spiro atoms. The normalized spacial score (nSPS) is 10.2. The highest BCUT2D eigenvalue weighted by molar-refractivity contribution is 9.10. The van der Waals surface area contributed by atoms with Crippen molar-refractivity contribution in [3.8, 4) is 11.2 Å². The Kier molecular flexibility index (Phi) is 2.89. The molecule has 0 bridgehead atoms. The van der Waals surface area contributed by atoms with E-state index in [1.807, 2.05) is 16.0 Å². The van der Waals surface area contributed by atoms with Gasteiger partial charge in [-0.3, -0.25) is 4.57 Å². The summed E-state index contributed by atoms with van der Waals surface area (Å²) >= 11 is 4.99. The van der Waals surface area contributed by atoms with Crippen molar-refractivity contribution in [2.24, 2.45) is 0 Å². The van der Waals surface area contributed by atoms with E-state index >= 15 is 0 Å². The molecule has 0 aliphatic rings. The molecule has 2 rings (SSSR count). The van der Waals surface area contributed by atoms with Gasteiger partial charge in [-0.1, -0.05) is 6.92 Å². The maximum absolute atomic E-state index is 9.04. The fourth-order valence-corrected chi connectivity index (χ4v) is 2.83. The molecule has 2 aromatic heterocycles. The molecule has 3 nitrogen and oxygen atoms in total. The van der Waals surface area contributed by atoms with E-state index in [-0.39, 0.29) is 0 Å². The Labute approximate surface area is 100 Å². The van der Waals surface area contributed by atoms with Crippen molar-refractivity contribution < 1.29 is 0 Å². The van der Waals surface area contributed by atoms with Gasteiger partial charge in [-0.15, -0.1) is 11.3 Å². The summed E-state index contributed by atoms with van der Waals surface area (Å²) in [5.74, 6) is 0. The van der Waals surface area contributed by atoms with Crippen LogP contribution in [-0.4, -0.2) is 9.55 Å². The molecule has 0 unspecified atom stereocenters. The maximum Gasteiger partial charge on any atom is 0.194 e. The predicted octanol–water partition coefficient (Wildman–Crippen LogP) is 3.13. The van der Waals surface area contributed by atoms with Gasteiger partial charge in [0.1, 0.15) is 11.8 Å².